The van der Waals surface area contributed by atoms with Gasteiger partial charge in [0.25, 0.3) is 0 Å². The highest BCUT2D eigenvalue weighted by Crippen LogP contribution is 2.36. The number of hydrogen-bond donors (Lipinski definition) is 2. The lowest BCUT2D eigenvalue weighted by Crippen LogP contribution is -2.44. The molecular weight excluding hydrogens is 308 g/mol. The average Bonchev–Trinajstić information content (AvgIpc) is 3.08. The topological polar surface area (TPSA) is 50.4 Å². The number of halogens is 1. The molecule has 21 heavy (non-hydrogen) atoms. The first-order valence-corrected chi connectivity index (χ1v) is 9.47. The molecule has 0 bridgehead atoms. The summed E-state index contributed by atoms with van der Waals surface area (Å²) in [5.41, 5.74) is 0. The summed E-state index contributed by atoms with van der Waals surface area (Å²) < 4.78 is 5.71. The van der Waals surface area contributed by atoms with E-state index in [1.165, 1.54) is 12.8 Å². The van der Waals surface area contributed by atoms with E-state index < -0.39 is 0 Å². The Balaban J connectivity index is 1.40. The van der Waals surface area contributed by atoms with Crippen LogP contribution in [0.1, 0.15) is 45.4 Å². The summed E-state index contributed by atoms with van der Waals surface area (Å²) in [5, 5.41) is 6.80. The SMILES string of the molecule is CC1NC(C2CCC(NC(=O)C3CCC(Cl)S3)CC2)CO1. The van der Waals surface area contributed by atoms with E-state index in [2.05, 4.69) is 17.6 Å². The number of alkyl halides is 1. The number of ether oxygens (including phenoxy) is 1. The molecule has 2 saturated heterocycles. The first-order chi connectivity index (χ1) is 10.1. The second-order valence-corrected chi connectivity index (χ2v) is 8.68. The lowest BCUT2D eigenvalue weighted by Gasteiger charge is -2.32. The monoisotopic (exact) mass is 332 g/mol. The van der Waals surface area contributed by atoms with Crippen molar-refractivity contribution in [3.05, 3.63) is 0 Å². The van der Waals surface area contributed by atoms with Gasteiger partial charge in [-0.2, -0.15) is 0 Å². The van der Waals surface area contributed by atoms with Crippen LogP contribution in [0.15, 0.2) is 0 Å². The van der Waals surface area contributed by atoms with Crippen LogP contribution in [-0.4, -0.2) is 40.8 Å². The normalized spacial score (nSPS) is 43.9. The van der Waals surface area contributed by atoms with Gasteiger partial charge < -0.3 is 10.1 Å². The Labute approximate surface area is 136 Å². The zero-order valence-electron chi connectivity index (χ0n) is 12.5. The van der Waals surface area contributed by atoms with E-state index in [1.54, 1.807) is 11.8 Å². The van der Waals surface area contributed by atoms with Crippen molar-refractivity contribution >= 4 is 29.3 Å². The molecule has 4 unspecified atom stereocenters. The molecule has 0 aromatic heterocycles. The molecule has 3 fully saturated rings. The number of nitrogens with one attached hydrogen (secondary N) is 2. The minimum absolute atomic E-state index is 0.0657. The quantitative estimate of drug-likeness (QED) is 0.779. The molecule has 2 N–H and O–H groups in total. The third-order valence-electron chi connectivity index (χ3n) is 4.92. The number of thioether (sulfide) groups is 1. The van der Waals surface area contributed by atoms with Gasteiger partial charge in [-0.3, -0.25) is 10.1 Å². The Morgan fingerprint density at radius 3 is 2.57 bits per heavy atom. The Morgan fingerprint density at radius 1 is 1.24 bits per heavy atom. The van der Waals surface area contributed by atoms with E-state index in [0.29, 0.717) is 18.0 Å². The summed E-state index contributed by atoms with van der Waals surface area (Å²) in [6.07, 6.45) is 6.58. The van der Waals surface area contributed by atoms with Gasteiger partial charge >= 0.3 is 0 Å². The molecule has 0 spiro atoms. The molecule has 4 atom stereocenters. The van der Waals surface area contributed by atoms with Crippen LogP contribution in [0.4, 0.5) is 0 Å². The molecule has 1 amide bonds. The van der Waals surface area contributed by atoms with Crippen LogP contribution in [0, 0.1) is 5.92 Å². The third kappa shape index (κ3) is 4.06. The Bertz CT molecular complexity index is 377. The predicted molar refractivity (Wildman–Crippen MR) is 86.5 cm³/mol. The molecule has 0 aromatic carbocycles. The zero-order valence-corrected chi connectivity index (χ0v) is 14.1. The maximum Gasteiger partial charge on any atom is 0.233 e. The van der Waals surface area contributed by atoms with Gasteiger partial charge in [-0.15, -0.1) is 23.4 Å². The van der Waals surface area contributed by atoms with Crippen molar-refractivity contribution in [2.75, 3.05) is 6.61 Å². The molecular formula is C15H25ClN2O2S. The van der Waals surface area contributed by atoms with Crippen molar-refractivity contribution in [3.8, 4) is 0 Å². The smallest absolute Gasteiger partial charge is 0.233 e. The van der Waals surface area contributed by atoms with Gasteiger partial charge in [0.2, 0.25) is 5.91 Å². The minimum atomic E-state index is 0.0657. The van der Waals surface area contributed by atoms with Crippen LogP contribution < -0.4 is 10.6 Å². The van der Waals surface area contributed by atoms with Crippen LogP contribution in [0.2, 0.25) is 0 Å². The first-order valence-electron chi connectivity index (χ1n) is 8.09. The molecule has 3 rings (SSSR count). The van der Waals surface area contributed by atoms with Gasteiger partial charge in [0.1, 0.15) is 6.23 Å². The minimum Gasteiger partial charge on any atom is -0.362 e. The number of carbonyl (C=O) groups excluding carboxylic acids is 1. The third-order valence-corrected chi connectivity index (χ3v) is 6.76. The highest BCUT2D eigenvalue weighted by atomic mass is 35.5. The molecule has 1 aliphatic carbocycles. The lowest BCUT2D eigenvalue weighted by atomic mass is 9.82. The van der Waals surface area contributed by atoms with Gasteiger partial charge in [0.05, 0.1) is 16.6 Å². The van der Waals surface area contributed by atoms with E-state index in [-0.39, 0.29) is 22.1 Å². The highest BCUT2D eigenvalue weighted by molar-refractivity contribution is 8.02. The zero-order chi connectivity index (χ0) is 14.8. The predicted octanol–water partition coefficient (Wildman–Crippen LogP) is 2.46. The fraction of sp³-hybridized carbons (Fsp3) is 0.933. The van der Waals surface area contributed by atoms with Crippen LogP contribution in [-0.2, 0) is 9.53 Å². The largest absolute Gasteiger partial charge is 0.362 e. The van der Waals surface area contributed by atoms with Crippen molar-refractivity contribution < 1.29 is 9.53 Å². The lowest BCUT2D eigenvalue weighted by molar-refractivity contribution is -0.121. The maximum absolute atomic E-state index is 12.2. The Hall–Kier alpha value is 0.0300. The Kier molecular flexibility index (Phi) is 5.36. The molecule has 2 aliphatic heterocycles. The number of hydrogen-bond acceptors (Lipinski definition) is 4. The van der Waals surface area contributed by atoms with Gasteiger partial charge in [-0.05, 0) is 51.4 Å². The summed E-state index contributed by atoms with van der Waals surface area (Å²) in [6.45, 7) is 2.90. The standard InChI is InChI=1S/C15H25ClN2O2S/c1-9-17-12(8-20-9)10-2-4-11(5-3-10)18-15(19)13-6-7-14(16)21-13/h9-14,17H,2-8H2,1H3,(H,18,19). The summed E-state index contributed by atoms with van der Waals surface area (Å²) in [6, 6.07) is 0.850. The second-order valence-electron chi connectivity index (χ2n) is 6.48. The Morgan fingerprint density at radius 2 is 2.00 bits per heavy atom. The molecule has 1 saturated carbocycles. The van der Waals surface area contributed by atoms with Crippen molar-refractivity contribution in [1.82, 2.24) is 10.6 Å². The van der Waals surface area contributed by atoms with Crippen molar-refractivity contribution in [3.63, 3.8) is 0 Å². The van der Waals surface area contributed by atoms with Gasteiger partial charge in [0, 0.05) is 12.1 Å². The number of amides is 1. The fourth-order valence-electron chi connectivity index (χ4n) is 3.67. The van der Waals surface area contributed by atoms with E-state index >= 15 is 0 Å². The van der Waals surface area contributed by atoms with E-state index in [9.17, 15) is 4.79 Å². The van der Waals surface area contributed by atoms with Crippen molar-refractivity contribution in [1.29, 1.82) is 0 Å². The van der Waals surface area contributed by atoms with Gasteiger partial charge in [0.15, 0.2) is 0 Å². The summed E-state index contributed by atoms with van der Waals surface area (Å²) in [5.74, 6) is 0.888. The van der Waals surface area contributed by atoms with Crippen molar-refractivity contribution in [2.45, 2.75) is 73.7 Å². The molecule has 0 radical (unpaired) electrons. The number of carbonyl (C=O) groups is 1. The van der Waals surface area contributed by atoms with Crippen LogP contribution in [0.3, 0.4) is 0 Å². The molecule has 0 aromatic rings. The summed E-state index contributed by atoms with van der Waals surface area (Å²) >= 11 is 7.67. The maximum atomic E-state index is 12.2. The van der Waals surface area contributed by atoms with Gasteiger partial charge in [-0.1, -0.05) is 0 Å². The molecule has 4 nitrogen and oxygen atoms in total. The molecule has 3 aliphatic rings. The average molecular weight is 333 g/mol. The fourth-order valence-corrected chi connectivity index (χ4v) is 5.26. The van der Waals surface area contributed by atoms with Crippen LogP contribution in [0.25, 0.3) is 0 Å². The van der Waals surface area contributed by atoms with E-state index in [0.717, 1.165) is 32.3 Å². The van der Waals surface area contributed by atoms with Crippen LogP contribution in [0.5, 0.6) is 0 Å². The molecule has 120 valence electrons. The van der Waals surface area contributed by atoms with Crippen molar-refractivity contribution in [2.24, 2.45) is 5.92 Å². The van der Waals surface area contributed by atoms with Crippen LogP contribution >= 0.6 is 23.4 Å². The van der Waals surface area contributed by atoms with Gasteiger partial charge in [-0.25, -0.2) is 0 Å². The first kappa shape index (κ1) is 15.9. The number of rotatable bonds is 3. The second kappa shape index (κ2) is 7.07. The van der Waals surface area contributed by atoms with E-state index in [4.69, 9.17) is 16.3 Å². The summed E-state index contributed by atoms with van der Waals surface area (Å²) in [7, 11) is 0. The molecule has 6 heteroatoms. The summed E-state index contributed by atoms with van der Waals surface area (Å²) in [4.78, 5) is 12.2. The molecule has 2 heterocycles. The van der Waals surface area contributed by atoms with E-state index in [1.807, 2.05) is 0 Å². The highest BCUT2D eigenvalue weighted by Gasteiger charge is 2.34.